The standard InChI is InChI=1S/C26H32N4O4S/c1-4-33-25(32)20(16-27)17-30(23-13-14-23)24(31)26(35-3)34-29-22-11-7-19(8-12-22)15-18-5-9-21(28-2)10-6-18/h5-12,20,23,26,28-29H,4,13-15,17H2,1-3H3. The number of benzene rings is 2. The first-order valence-corrected chi connectivity index (χ1v) is 12.9. The molecule has 186 valence electrons. The molecule has 2 aromatic rings. The Morgan fingerprint density at radius 2 is 1.71 bits per heavy atom. The second-order valence-corrected chi connectivity index (χ2v) is 9.16. The summed E-state index contributed by atoms with van der Waals surface area (Å²) < 4.78 is 4.97. The molecule has 1 fully saturated rings. The zero-order chi connectivity index (χ0) is 25.2. The van der Waals surface area contributed by atoms with Crippen LogP contribution in [-0.2, 0) is 25.6 Å². The number of amides is 1. The first kappa shape index (κ1) is 26.4. The van der Waals surface area contributed by atoms with Gasteiger partial charge in [0.2, 0.25) is 5.44 Å². The van der Waals surface area contributed by atoms with Gasteiger partial charge in [0, 0.05) is 25.3 Å². The van der Waals surface area contributed by atoms with Gasteiger partial charge < -0.3 is 15.0 Å². The van der Waals surface area contributed by atoms with Crippen molar-refractivity contribution in [2.45, 2.75) is 37.7 Å². The van der Waals surface area contributed by atoms with Crippen molar-refractivity contribution in [1.29, 1.82) is 5.26 Å². The Hall–Kier alpha value is -3.22. The monoisotopic (exact) mass is 496 g/mol. The highest BCUT2D eigenvalue weighted by atomic mass is 32.2. The molecule has 35 heavy (non-hydrogen) atoms. The van der Waals surface area contributed by atoms with E-state index in [1.165, 1.54) is 17.3 Å². The molecular formula is C26H32N4O4S. The smallest absolute Gasteiger partial charge is 0.325 e. The van der Waals surface area contributed by atoms with Crippen molar-refractivity contribution in [3.8, 4) is 6.07 Å². The minimum atomic E-state index is -1.02. The summed E-state index contributed by atoms with van der Waals surface area (Å²) in [6, 6.07) is 18.1. The Morgan fingerprint density at radius 1 is 1.11 bits per heavy atom. The fourth-order valence-corrected chi connectivity index (χ4v) is 4.07. The minimum Gasteiger partial charge on any atom is -0.465 e. The first-order valence-electron chi connectivity index (χ1n) is 11.7. The van der Waals surface area contributed by atoms with Crippen molar-refractivity contribution < 1.29 is 19.2 Å². The predicted molar refractivity (Wildman–Crippen MR) is 138 cm³/mol. The highest BCUT2D eigenvalue weighted by Crippen LogP contribution is 2.30. The largest absolute Gasteiger partial charge is 0.465 e. The third kappa shape index (κ3) is 7.64. The van der Waals surface area contributed by atoms with Gasteiger partial charge in [-0.1, -0.05) is 24.3 Å². The Kier molecular flexibility index (Phi) is 9.82. The molecule has 1 saturated carbocycles. The van der Waals surface area contributed by atoms with E-state index in [4.69, 9.17) is 9.57 Å². The molecule has 0 spiro atoms. The molecule has 1 aliphatic rings. The molecule has 0 radical (unpaired) electrons. The summed E-state index contributed by atoms with van der Waals surface area (Å²) in [4.78, 5) is 32.5. The zero-order valence-corrected chi connectivity index (χ0v) is 21.1. The molecule has 8 nitrogen and oxygen atoms in total. The summed E-state index contributed by atoms with van der Waals surface area (Å²) in [5.74, 6) is -1.89. The fraction of sp³-hybridized carbons (Fsp3) is 0.423. The molecule has 0 heterocycles. The van der Waals surface area contributed by atoms with Crippen LogP contribution in [0.25, 0.3) is 0 Å². The van der Waals surface area contributed by atoms with Gasteiger partial charge in [-0.05, 0) is 67.8 Å². The van der Waals surface area contributed by atoms with E-state index in [0.717, 1.165) is 36.2 Å². The average molecular weight is 497 g/mol. The van der Waals surface area contributed by atoms with Crippen LogP contribution in [0.4, 0.5) is 11.4 Å². The zero-order valence-electron chi connectivity index (χ0n) is 20.3. The third-order valence-electron chi connectivity index (χ3n) is 5.68. The van der Waals surface area contributed by atoms with Crippen LogP contribution in [0.2, 0.25) is 0 Å². The van der Waals surface area contributed by atoms with Gasteiger partial charge in [-0.3, -0.25) is 19.9 Å². The van der Waals surface area contributed by atoms with E-state index in [0.29, 0.717) is 0 Å². The molecule has 0 aromatic heterocycles. The molecule has 1 aliphatic carbocycles. The number of carbonyl (C=O) groups is 2. The first-order chi connectivity index (χ1) is 17.0. The van der Waals surface area contributed by atoms with Crippen LogP contribution < -0.4 is 10.8 Å². The maximum Gasteiger partial charge on any atom is 0.325 e. The molecule has 2 atom stereocenters. The second kappa shape index (κ2) is 13.0. The number of hydrogen-bond donors (Lipinski definition) is 2. The number of anilines is 2. The Labute approximate surface area is 210 Å². The summed E-state index contributed by atoms with van der Waals surface area (Å²) in [6.07, 6.45) is 4.29. The lowest BCUT2D eigenvalue weighted by Crippen LogP contribution is -2.45. The van der Waals surface area contributed by atoms with Crippen molar-refractivity contribution >= 4 is 35.0 Å². The van der Waals surface area contributed by atoms with Crippen LogP contribution in [0.15, 0.2) is 48.5 Å². The second-order valence-electron chi connectivity index (χ2n) is 8.26. The van der Waals surface area contributed by atoms with Crippen LogP contribution in [0, 0.1) is 17.2 Å². The molecule has 2 unspecified atom stereocenters. The summed E-state index contributed by atoms with van der Waals surface area (Å²) in [7, 11) is 1.90. The van der Waals surface area contributed by atoms with Gasteiger partial charge in [0.1, 0.15) is 0 Å². The molecular weight excluding hydrogens is 464 g/mol. The number of ether oxygens (including phenoxy) is 1. The lowest BCUT2D eigenvalue weighted by Gasteiger charge is -2.27. The van der Waals surface area contributed by atoms with E-state index in [1.807, 2.05) is 37.4 Å². The number of thioether (sulfide) groups is 1. The maximum atomic E-state index is 13.2. The lowest BCUT2D eigenvalue weighted by atomic mass is 10.0. The van der Waals surface area contributed by atoms with Gasteiger partial charge in [0.15, 0.2) is 5.92 Å². The fourth-order valence-electron chi connectivity index (χ4n) is 3.58. The number of nitrogens with zero attached hydrogens (tertiary/aromatic N) is 2. The van der Waals surface area contributed by atoms with Gasteiger partial charge in [0.25, 0.3) is 5.91 Å². The van der Waals surface area contributed by atoms with E-state index in [9.17, 15) is 14.9 Å². The van der Waals surface area contributed by atoms with E-state index >= 15 is 0 Å². The van der Waals surface area contributed by atoms with E-state index in [-0.39, 0.29) is 25.1 Å². The Bertz CT molecular complexity index is 1020. The SMILES string of the molecule is CCOC(=O)C(C#N)CN(C(=O)C(ONc1ccc(Cc2ccc(NC)cc2)cc1)SC)C1CC1. The summed E-state index contributed by atoms with van der Waals surface area (Å²) in [5, 5.41) is 12.5. The summed E-state index contributed by atoms with van der Waals surface area (Å²) >= 11 is 1.25. The van der Waals surface area contributed by atoms with Gasteiger partial charge in [-0.15, -0.1) is 11.8 Å². The summed E-state index contributed by atoms with van der Waals surface area (Å²) in [6.45, 7) is 1.88. The van der Waals surface area contributed by atoms with Crippen LogP contribution >= 0.6 is 11.8 Å². The van der Waals surface area contributed by atoms with Gasteiger partial charge in [0.05, 0.1) is 18.4 Å². The van der Waals surface area contributed by atoms with Crippen molar-refractivity contribution in [2.24, 2.45) is 5.92 Å². The number of nitriles is 1. The van der Waals surface area contributed by atoms with Gasteiger partial charge in [-0.25, -0.2) is 0 Å². The van der Waals surface area contributed by atoms with Gasteiger partial charge in [-0.2, -0.15) is 5.26 Å². The molecule has 0 aliphatic heterocycles. The quantitative estimate of drug-likeness (QED) is 0.243. The third-order valence-corrected chi connectivity index (χ3v) is 6.41. The molecule has 2 N–H and O–H groups in total. The minimum absolute atomic E-state index is 0.00322. The average Bonchev–Trinajstić information content (AvgIpc) is 3.72. The van der Waals surface area contributed by atoms with E-state index < -0.39 is 17.3 Å². The molecule has 9 heteroatoms. The number of nitrogens with one attached hydrogen (secondary N) is 2. The highest BCUT2D eigenvalue weighted by molar-refractivity contribution is 7.99. The molecule has 3 rings (SSSR count). The van der Waals surface area contributed by atoms with Crippen LogP contribution in [-0.4, -0.2) is 54.7 Å². The summed E-state index contributed by atoms with van der Waals surface area (Å²) in [5.41, 5.74) is 6.24. The molecule has 0 saturated heterocycles. The van der Waals surface area contributed by atoms with Crippen molar-refractivity contribution in [1.82, 2.24) is 4.90 Å². The van der Waals surface area contributed by atoms with Crippen molar-refractivity contribution in [2.75, 3.05) is 37.3 Å². The topological polar surface area (TPSA) is 104 Å². The normalized spacial score (nSPS) is 14.3. The predicted octanol–water partition coefficient (Wildman–Crippen LogP) is 4.05. The maximum absolute atomic E-state index is 13.2. The van der Waals surface area contributed by atoms with Crippen LogP contribution in [0.3, 0.4) is 0 Å². The number of hydrogen-bond acceptors (Lipinski definition) is 8. The molecule has 1 amide bonds. The molecule has 2 aromatic carbocycles. The lowest BCUT2D eigenvalue weighted by molar-refractivity contribution is -0.148. The van der Waals surface area contributed by atoms with Crippen molar-refractivity contribution in [3.63, 3.8) is 0 Å². The van der Waals surface area contributed by atoms with E-state index in [1.54, 1.807) is 18.1 Å². The van der Waals surface area contributed by atoms with Crippen molar-refractivity contribution in [3.05, 3.63) is 59.7 Å². The number of esters is 1. The number of carbonyl (C=O) groups excluding carboxylic acids is 2. The molecule has 0 bridgehead atoms. The Balaban J connectivity index is 1.57. The van der Waals surface area contributed by atoms with Gasteiger partial charge >= 0.3 is 5.97 Å². The highest BCUT2D eigenvalue weighted by Gasteiger charge is 2.39. The Morgan fingerprint density at radius 3 is 2.20 bits per heavy atom. The van der Waals surface area contributed by atoms with Crippen LogP contribution in [0.1, 0.15) is 30.9 Å². The van der Waals surface area contributed by atoms with Crippen LogP contribution in [0.5, 0.6) is 0 Å². The van der Waals surface area contributed by atoms with E-state index in [2.05, 4.69) is 35.1 Å². The number of rotatable bonds is 13.